The Kier molecular flexibility index (Phi) is 3.78. The average Bonchev–Trinajstić information content (AvgIpc) is 2.96. The molecule has 1 saturated heterocycles. The highest BCUT2D eigenvalue weighted by molar-refractivity contribution is 5.79. The van der Waals surface area contributed by atoms with Gasteiger partial charge in [-0.15, -0.1) is 0 Å². The monoisotopic (exact) mass is 271 g/mol. The second-order valence-electron chi connectivity index (χ2n) is 4.99. The second kappa shape index (κ2) is 5.88. The molecule has 1 aromatic heterocycles. The maximum absolute atomic E-state index is 12.2. The first-order chi connectivity index (χ1) is 9.81. The molecule has 0 saturated carbocycles. The van der Waals surface area contributed by atoms with E-state index in [-0.39, 0.29) is 5.91 Å². The van der Waals surface area contributed by atoms with Crippen molar-refractivity contribution in [1.29, 1.82) is 0 Å². The fourth-order valence-electron chi connectivity index (χ4n) is 2.41. The Balaban J connectivity index is 1.56. The van der Waals surface area contributed by atoms with Crippen LogP contribution in [0.5, 0.6) is 0 Å². The van der Waals surface area contributed by atoms with Crippen LogP contribution in [0, 0.1) is 0 Å². The van der Waals surface area contributed by atoms with Crippen molar-refractivity contribution in [3.05, 3.63) is 54.2 Å². The molecule has 5 nitrogen and oxygen atoms in total. The summed E-state index contributed by atoms with van der Waals surface area (Å²) in [6.07, 6.45) is 3.05. The molecule has 0 aliphatic carbocycles. The van der Waals surface area contributed by atoms with Crippen LogP contribution in [-0.2, 0) is 17.9 Å². The van der Waals surface area contributed by atoms with Crippen molar-refractivity contribution < 1.29 is 9.21 Å². The zero-order valence-electron chi connectivity index (χ0n) is 11.2. The van der Waals surface area contributed by atoms with Gasteiger partial charge in [0.05, 0.1) is 12.2 Å². The van der Waals surface area contributed by atoms with Crippen molar-refractivity contribution in [3.8, 4) is 0 Å². The molecule has 3 rings (SSSR count). The fraction of sp³-hybridized carbons (Fsp3) is 0.333. The van der Waals surface area contributed by atoms with Gasteiger partial charge >= 0.3 is 0 Å². The van der Waals surface area contributed by atoms with Crippen LogP contribution < -0.4 is 0 Å². The van der Waals surface area contributed by atoms with E-state index in [1.165, 1.54) is 12.0 Å². The van der Waals surface area contributed by atoms with Gasteiger partial charge in [-0.3, -0.25) is 9.69 Å². The number of oxazole rings is 1. The van der Waals surface area contributed by atoms with Crippen molar-refractivity contribution >= 4 is 5.91 Å². The summed E-state index contributed by atoms with van der Waals surface area (Å²) in [6, 6.07) is 10.1. The Morgan fingerprint density at radius 3 is 2.70 bits per heavy atom. The summed E-state index contributed by atoms with van der Waals surface area (Å²) in [4.78, 5) is 20.3. The second-order valence-corrected chi connectivity index (χ2v) is 4.99. The first-order valence-electron chi connectivity index (χ1n) is 6.72. The third-order valence-corrected chi connectivity index (χ3v) is 3.48. The van der Waals surface area contributed by atoms with Gasteiger partial charge in [-0.05, 0) is 5.56 Å². The van der Waals surface area contributed by atoms with Gasteiger partial charge < -0.3 is 9.32 Å². The molecule has 104 valence electrons. The molecule has 0 spiro atoms. The Morgan fingerprint density at radius 1 is 1.15 bits per heavy atom. The minimum atomic E-state index is 0.170. The summed E-state index contributed by atoms with van der Waals surface area (Å²) in [6.45, 7) is 3.43. The number of amides is 1. The third-order valence-electron chi connectivity index (χ3n) is 3.48. The minimum absolute atomic E-state index is 0.170. The highest BCUT2D eigenvalue weighted by Gasteiger charge is 2.24. The zero-order chi connectivity index (χ0) is 13.8. The number of carbonyl (C=O) groups is 1. The van der Waals surface area contributed by atoms with E-state index in [0.717, 1.165) is 18.8 Å². The van der Waals surface area contributed by atoms with E-state index in [2.05, 4.69) is 22.0 Å². The van der Waals surface area contributed by atoms with Crippen molar-refractivity contribution in [1.82, 2.24) is 14.8 Å². The molecule has 20 heavy (non-hydrogen) atoms. The van der Waals surface area contributed by atoms with E-state index in [9.17, 15) is 4.79 Å². The molecule has 0 atom stereocenters. The minimum Gasteiger partial charge on any atom is -0.451 e. The van der Waals surface area contributed by atoms with E-state index >= 15 is 0 Å². The normalized spacial score (nSPS) is 16.6. The molecule has 0 bridgehead atoms. The van der Waals surface area contributed by atoms with Crippen molar-refractivity contribution in [2.24, 2.45) is 0 Å². The van der Waals surface area contributed by atoms with Crippen LogP contribution in [0.4, 0.5) is 0 Å². The predicted molar refractivity (Wildman–Crippen MR) is 73.6 cm³/mol. The fourth-order valence-corrected chi connectivity index (χ4v) is 2.41. The first kappa shape index (κ1) is 12.9. The summed E-state index contributed by atoms with van der Waals surface area (Å²) in [5, 5.41) is 0. The largest absolute Gasteiger partial charge is 0.451 e. The lowest BCUT2D eigenvalue weighted by Gasteiger charge is -2.33. The van der Waals surface area contributed by atoms with E-state index < -0.39 is 0 Å². The zero-order valence-corrected chi connectivity index (χ0v) is 11.2. The third kappa shape index (κ3) is 3.05. The summed E-state index contributed by atoms with van der Waals surface area (Å²) in [5.74, 6) is 0.170. The Bertz CT molecular complexity index is 554. The number of hydrogen-bond donors (Lipinski definition) is 0. The van der Waals surface area contributed by atoms with Crippen LogP contribution in [0.15, 0.2) is 47.4 Å². The number of aromatic nitrogens is 1. The number of piperazine rings is 1. The standard InChI is InChI=1S/C15H17N3O2/c19-15-10-17(9-14-11-20-12-16-14)6-7-18(15)8-13-4-2-1-3-5-13/h1-5,11-12H,6-10H2. The Morgan fingerprint density at radius 2 is 2.00 bits per heavy atom. The maximum atomic E-state index is 12.2. The molecule has 0 N–H and O–H groups in total. The van der Waals surface area contributed by atoms with Gasteiger partial charge in [0.15, 0.2) is 6.39 Å². The molecular formula is C15H17N3O2. The van der Waals surface area contributed by atoms with Crippen molar-refractivity contribution in [3.63, 3.8) is 0 Å². The predicted octanol–water partition coefficient (Wildman–Crippen LogP) is 1.52. The van der Waals surface area contributed by atoms with Crippen LogP contribution in [0.1, 0.15) is 11.3 Å². The van der Waals surface area contributed by atoms with Gasteiger partial charge in [0.1, 0.15) is 6.26 Å². The lowest BCUT2D eigenvalue weighted by Crippen LogP contribution is -2.49. The summed E-state index contributed by atoms with van der Waals surface area (Å²) in [7, 11) is 0. The van der Waals surface area contributed by atoms with E-state index in [0.29, 0.717) is 19.6 Å². The number of benzene rings is 1. The van der Waals surface area contributed by atoms with Crippen LogP contribution >= 0.6 is 0 Å². The summed E-state index contributed by atoms with van der Waals surface area (Å²) in [5.41, 5.74) is 2.04. The Labute approximate surface area is 117 Å². The molecule has 2 heterocycles. The van der Waals surface area contributed by atoms with E-state index in [1.807, 2.05) is 23.1 Å². The molecule has 0 radical (unpaired) electrons. The van der Waals surface area contributed by atoms with E-state index in [4.69, 9.17) is 4.42 Å². The molecular weight excluding hydrogens is 254 g/mol. The molecule has 5 heteroatoms. The Hall–Kier alpha value is -2.14. The van der Waals surface area contributed by atoms with Crippen molar-refractivity contribution in [2.75, 3.05) is 19.6 Å². The molecule has 1 aromatic carbocycles. The smallest absolute Gasteiger partial charge is 0.237 e. The van der Waals surface area contributed by atoms with Gasteiger partial charge in [0, 0.05) is 26.2 Å². The molecule has 1 amide bonds. The topological polar surface area (TPSA) is 49.6 Å². The number of nitrogens with zero attached hydrogens (tertiary/aromatic N) is 3. The molecule has 0 unspecified atom stereocenters. The SMILES string of the molecule is O=C1CN(Cc2cocn2)CCN1Cc1ccccc1. The molecule has 1 aliphatic heterocycles. The van der Waals surface area contributed by atoms with E-state index in [1.54, 1.807) is 6.26 Å². The van der Waals surface area contributed by atoms with Crippen LogP contribution in [0.2, 0.25) is 0 Å². The first-order valence-corrected chi connectivity index (χ1v) is 6.72. The van der Waals surface area contributed by atoms with Gasteiger partial charge in [0.2, 0.25) is 5.91 Å². The van der Waals surface area contributed by atoms with Crippen LogP contribution in [0.25, 0.3) is 0 Å². The average molecular weight is 271 g/mol. The van der Waals surface area contributed by atoms with Crippen molar-refractivity contribution in [2.45, 2.75) is 13.1 Å². The maximum Gasteiger partial charge on any atom is 0.237 e. The molecule has 1 fully saturated rings. The van der Waals surface area contributed by atoms with Gasteiger partial charge in [-0.25, -0.2) is 4.98 Å². The lowest BCUT2D eigenvalue weighted by atomic mass is 10.2. The number of rotatable bonds is 4. The van der Waals surface area contributed by atoms with Gasteiger partial charge in [0.25, 0.3) is 0 Å². The van der Waals surface area contributed by atoms with Gasteiger partial charge in [-0.1, -0.05) is 30.3 Å². The number of hydrogen-bond acceptors (Lipinski definition) is 4. The van der Waals surface area contributed by atoms with Crippen LogP contribution in [-0.4, -0.2) is 40.3 Å². The van der Waals surface area contributed by atoms with Gasteiger partial charge in [-0.2, -0.15) is 0 Å². The highest BCUT2D eigenvalue weighted by Crippen LogP contribution is 2.11. The summed E-state index contributed by atoms with van der Waals surface area (Å²) < 4.78 is 4.95. The lowest BCUT2D eigenvalue weighted by molar-refractivity contribution is -0.136. The molecule has 2 aromatic rings. The quantitative estimate of drug-likeness (QED) is 0.846. The van der Waals surface area contributed by atoms with Crippen LogP contribution in [0.3, 0.4) is 0 Å². The highest BCUT2D eigenvalue weighted by atomic mass is 16.3. The summed E-state index contributed by atoms with van der Waals surface area (Å²) >= 11 is 0. The number of carbonyl (C=O) groups excluding carboxylic acids is 1. The molecule has 1 aliphatic rings.